The second-order valence-electron chi connectivity index (χ2n) is 8.65. The predicted molar refractivity (Wildman–Crippen MR) is 147 cm³/mol. The van der Waals surface area contributed by atoms with Crippen molar-refractivity contribution in [3.63, 3.8) is 0 Å². The van der Waals surface area contributed by atoms with Crippen LogP contribution in [-0.2, 0) is 16.1 Å². The van der Waals surface area contributed by atoms with Gasteiger partial charge in [-0.2, -0.15) is 0 Å². The molecule has 0 bridgehead atoms. The number of unbranched alkanes of at least 4 members (excludes halogenated alkanes) is 1. The third-order valence-electron chi connectivity index (χ3n) is 6.27. The van der Waals surface area contributed by atoms with Gasteiger partial charge in [-0.05, 0) is 61.9 Å². The summed E-state index contributed by atoms with van der Waals surface area (Å²) in [4.78, 5) is 28.6. The fourth-order valence-corrected chi connectivity index (χ4v) is 4.73. The van der Waals surface area contributed by atoms with Crippen molar-refractivity contribution >= 4 is 53.4 Å². The van der Waals surface area contributed by atoms with E-state index in [1.165, 1.54) is 18.1 Å². The average molecular weight is 545 g/mol. The number of pyridine rings is 1. The Morgan fingerprint density at radius 2 is 1.81 bits per heavy atom. The number of hydrogen-bond donors (Lipinski definition) is 0. The van der Waals surface area contributed by atoms with Gasteiger partial charge in [0.1, 0.15) is 5.75 Å². The maximum atomic E-state index is 12.4. The van der Waals surface area contributed by atoms with Crippen molar-refractivity contribution in [1.82, 2.24) is 9.47 Å². The number of halogens is 2. The molecule has 2 aromatic carbocycles. The molecule has 3 aromatic rings. The van der Waals surface area contributed by atoms with E-state index in [4.69, 9.17) is 32.7 Å². The van der Waals surface area contributed by atoms with Gasteiger partial charge in [0.05, 0.1) is 27.9 Å². The summed E-state index contributed by atoms with van der Waals surface area (Å²) in [6, 6.07) is 14.5. The van der Waals surface area contributed by atoms with Crippen LogP contribution in [0.5, 0.6) is 5.75 Å². The van der Waals surface area contributed by atoms with Crippen LogP contribution in [0.25, 0.3) is 10.9 Å². The lowest BCUT2D eigenvalue weighted by Gasteiger charge is -2.36. The van der Waals surface area contributed by atoms with Crippen LogP contribution in [0, 0.1) is 0 Å². The molecule has 1 aliphatic heterocycles. The Bertz CT molecular complexity index is 1280. The molecule has 1 aromatic heterocycles. The molecular formula is C26H29BCl2N3O5. The highest BCUT2D eigenvalue weighted by atomic mass is 35.5. The van der Waals surface area contributed by atoms with Crippen molar-refractivity contribution in [2.45, 2.75) is 26.4 Å². The van der Waals surface area contributed by atoms with Gasteiger partial charge in [-0.3, -0.25) is 14.3 Å². The van der Waals surface area contributed by atoms with E-state index < -0.39 is 6.16 Å². The van der Waals surface area contributed by atoms with E-state index in [1.54, 1.807) is 19.0 Å². The Hall–Kier alpha value is -2.88. The van der Waals surface area contributed by atoms with Crippen LogP contribution in [0.1, 0.15) is 12.8 Å². The standard InChI is InChI=1S/C26H29BCl2N3O5/c1-27-37-26(34)36-18-32-23-17-20(9-7-19(23)8-10-24(32)33)35-16-3-2-11-30-12-14-31(15-13-30)22-6-4-5-21(28)25(22)29/h4-10,17H,2-3,11-16,18H2,1H3. The molecule has 0 aliphatic carbocycles. The van der Waals surface area contributed by atoms with Crippen LogP contribution in [0.15, 0.2) is 53.3 Å². The number of aromatic nitrogens is 1. The Labute approximate surface area is 226 Å². The van der Waals surface area contributed by atoms with Gasteiger partial charge >= 0.3 is 13.6 Å². The molecule has 0 N–H and O–H groups in total. The zero-order valence-corrected chi connectivity index (χ0v) is 22.2. The Balaban J connectivity index is 1.23. The summed E-state index contributed by atoms with van der Waals surface area (Å²) in [7, 11) is 1.22. The van der Waals surface area contributed by atoms with E-state index >= 15 is 0 Å². The van der Waals surface area contributed by atoms with Crippen LogP contribution in [0.4, 0.5) is 10.5 Å². The summed E-state index contributed by atoms with van der Waals surface area (Å²) in [6.45, 7) is 6.64. The average Bonchev–Trinajstić information content (AvgIpc) is 2.90. The van der Waals surface area contributed by atoms with Crippen LogP contribution in [-0.4, -0.2) is 62.4 Å². The summed E-state index contributed by atoms with van der Waals surface area (Å²) < 4.78 is 17.0. The molecule has 0 atom stereocenters. The lowest BCUT2D eigenvalue weighted by atomic mass is 10.1. The summed E-state index contributed by atoms with van der Waals surface area (Å²) in [5, 5.41) is 2.04. The van der Waals surface area contributed by atoms with E-state index in [2.05, 4.69) is 14.5 Å². The third-order valence-corrected chi connectivity index (χ3v) is 7.08. The van der Waals surface area contributed by atoms with Gasteiger partial charge in [0.2, 0.25) is 0 Å². The topological polar surface area (TPSA) is 73.2 Å². The molecular weight excluding hydrogens is 516 g/mol. The smallest absolute Gasteiger partial charge is 0.491 e. The van der Waals surface area contributed by atoms with Gasteiger partial charge in [0.15, 0.2) is 6.73 Å². The van der Waals surface area contributed by atoms with Gasteiger partial charge < -0.3 is 19.0 Å². The first kappa shape index (κ1) is 27.2. The van der Waals surface area contributed by atoms with E-state index in [0.717, 1.165) is 56.6 Å². The highest BCUT2D eigenvalue weighted by Gasteiger charge is 2.19. The Kier molecular flexibility index (Phi) is 9.60. The van der Waals surface area contributed by atoms with Gasteiger partial charge in [-0.25, -0.2) is 4.79 Å². The minimum Gasteiger partial charge on any atom is -0.509 e. The van der Waals surface area contributed by atoms with Crippen LogP contribution >= 0.6 is 23.2 Å². The molecule has 8 nitrogen and oxygen atoms in total. The van der Waals surface area contributed by atoms with Crippen LogP contribution < -0.4 is 15.2 Å². The molecule has 0 unspecified atom stereocenters. The molecule has 2 heterocycles. The van der Waals surface area contributed by atoms with E-state index in [1.807, 2.05) is 30.3 Å². The zero-order valence-electron chi connectivity index (χ0n) is 20.7. The second kappa shape index (κ2) is 13.1. The van der Waals surface area contributed by atoms with Crippen LogP contribution in [0.3, 0.4) is 0 Å². The molecule has 1 fully saturated rings. The Morgan fingerprint density at radius 1 is 1.03 bits per heavy atom. The minimum atomic E-state index is -0.867. The quantitative estimate of drug-likeness (QED) is 0.200. The number of nitrogens with zero attached hydrogens (tertiary/aromatic N) is 3. The largest absolute Gasteiger partial charge is 0.509 e. The molecule has 0 amide bonds. The fraction of sp³-hybridized carbons (Fsp3) is 0.385. The summed E-state index contributed by atoms with van der Waals surface area (Å²) in [6.07, 6.45) is 1.05. The summed E-state index contributed by atoms with van der Waals surface area (Å²) >= 11 is 12.5. The maximum absolute atomic E-state index is 12.4. The molecule has 0 spiro atoms. The SMILES string of the molecule is C[B]OC(=O)OCn1c(=O)ccc2ccc(OCCCCN3CCN(c4cccc(Cl)c4Cl)CC3)cc21. The monoisotopic (exact) mass is 544 g/mol. The molecule has 37 heavy (non-hydrogen) atoms. The molecule has 195 valence electrons. The number of carbonyl (C=O) groups excluding carboxylic acids is 1. The third kappa shape index (κ3) is 7.12. The van der Waals surface area contributed by atoms with E-state index in [0.29, 0.717) is 27.9 Å². The number of anilines is 1. The number of benzene rings is 2. The van der Waals surface area contributed by atoms with Gasteiger partial charge in [0.25, 0.3) is 5.56 Å². The van der Waals surface area contributed by atoms with Crippen molar-refractivity contribution in [1.29, 1.82) is 0 Å². The number of hydrogen-bond acceptors (Lipinski definition) is 7. The minimum absolute atomic E-state index is 0.247. The van der Waals surface area contributed by atoms with Crippen LogP contribution in [0.2, 0.25) is 16.9 Å². The van der Waals surface area contributed by atoms with Crippen molar-refractivity contribution in [2.24, 2.45) is 0 Å². The maximum Gasteiger partial charge on any atom is 0.491 e. The number of carbonyl (C=O) groups is 1. The van der Waals surface area contributed by atoms with Crippen molar-refractivity contribution < 1.29 is 18.9 Å². The molecule has 1 aliphatic rings. The lowest BCUT2D eigenvalue weighted by Crippen LogP contribution is -2.46. The number of piperazine rings is 1. The first-order chi connectivity index (χ1) is 18.0. The zero-order chi connectivity index (χ0) is 26.2. The van der Waals surface area contributed by atoms with E-state index in [9.17, 15) is 9.59 Å². The van der Waals surface area contributed by atoms with Crippen molar-refractivity contribution in [3.8, 4) is 5.75 Å². The van der Waals surface area contributed by atoms with Gasteiger partial charge in [0, 0.05) is 38.3 Å². The molecule has 11 heteroatoms. The van der Waals surface area contributed by atoms with Gasteiger partial charge in [-0.15, -0.1) is 0 Å². The summed E-state index contributed by atoms with van der Waals surface area (Å²) in [5.74, 6) is 0.656. The molecule has 1 saturated heterocycles. The number of ether oxygens (including phenoxy) is 2. The van der Waals surface area contributed by atoms with Crippen molar-refractivity contribution in [2.75, 3.05) is 44.2 Å². The highest BCUT2D eigenvalue weighted by molar-refractivity contribution is 6.43. The van der Waals surface area contributed by atoms with E-state index in [-0.39, 0.29) is 12.3 Å². The molecule has 4 rings (SSSR count). The number of fused-ring (bicyclic) bond motifs is 1. The number of rotatable bonds is 10. The molecule has 1 radical (unpaired) electrons. The second-order valence-corrected chi connectivity index (χ2v) is 9.44. The first-order valence-electron chi connectivity index (χ1n) is 12.2. The van der Waals surface area contributed by atoms with Crippen molar-refractivity contribution in [3.05, 3.63) is 68.9 Å². The molecule has 0 saturated carbocycles. The predicted octanol–water partition coefficient (Wildman–Crippen LogP) is 5.07. The normalized spacial score (nSPS) is 14.0. The summed E-state index contributed by atoms with van der Waals surface area (Å²) in [5.41, 5.74) is 1.33. The lowest BCUT2D eigenvalue weighted by molar-refractivity contribution is 0.0735. The first-order valence-corrected chi connectivity index (χ1v) is 13.0. The highest BCUT2D eigenvalue weighted by Crippen LogP contribution is 2.32. The van der Waals surface area contributed by atoms with Gasteiger partial charge in [-0.1, -0.05) is 29.3 Å². The Morgan fingerprint density at radius 3 is 2.59 bits per heavy atom. The fourth-order valence-electron chi connectivity index (χ4n) is 4.31.